The van der Waals surface area contributed by atoms with E-state index >= 15 is 0 Å². The van der Waals surface area contributed by atoms with Gasteiger partial charge in [-0.15, -0.1) is 0 Å². The average molecular weight is 286 g/mol. The van der Waals surface area contributed by atoms with Gasteiger partial charge in [-0.25, -0.2) is 4.48 Å². The van der Waals surface area contributed by atoms with Crippen molar-refractivity contribution in [1.29, 1.82) is 0 Å². The Hall–Kier alpha value is -1.83. The van der Waals surface area contributed by atoms with Crippen LogP contribution in [-0.2, 0) is 0 Å². The number of likely N-dealkylation sites (N-methyl/N-ethyl adjacent to an activating group) is 1. The Kier molecular flexibility index (Phi) is 5.32. The molecular weight excluding hydrogens is 266 g/mol. The third-order valence-electron chi connectivity index (χ3n) is 2.98. The summed E-state index contributed by atoms with van der Waals surface area (Å²) in [7, 11) is 4.04. The van der Waals surface area contributed by atoms with E-state index in [-0.39, 0.29) is 6.61 Å². The van der Waals surface area contributed by atoms with E-state index in [4.69, 9.17) is 14.6 Å². The predicted octanol–water partition coefficient (Wildman–Crippen LogP) is 0.508. The maximum Gasteiger partial charge on any atom is 0.515 e. The molecule has 7 nitrogen and oxygen atoms in total. The number of methoxy groups -OCH3 is 1. The van der Waals surface area contributed by atoms with Crippen LogP contribution in [-0.4, -0.2) is 66.0 Å². The zero-order valence-corrected chi connectivity index (χ0v) is 11.7. The number of para-hydroxylation sites is 2. The Bertz CT molecular complexity index is 462. The summed E-state index contributed by atoms with van der Waals surface area (Å²) in [6.07, 6.45) is -4.12. The van der Waals surface area contributed by atoms with Crippen molar-refractivity contribution in [2.45, 2.75) is 12.3 Å². The maximum atomic E-state index is 11.0. The number of carboxylic acid groups (broad SMARTS) is 1. The molecule has 112 valence electrons. The minimum atomic E-state index is -1.51. The Balaban J connectivity index is 2.68. The molecule has 1 amide bonds. The lowest BCUT2D eigenvalue weighted by Crippen LogP contribution is -2.58. The molecule has 0 aliphatic carbocycles. The molecule has 1 rings (SSSR count). The van der Waals surface area contributed by atoms with Crippen molar-refractivity contribution in [2.24, 2.45) is 0 Å². The first-order valence-corrected chi connectivity index (χ1v) is 5.99. The number of quaternary nitrogens is 1. The van der Waals surface area contributed by atoms with Crippen molar-refractivity contribution in [3.05, 3.63) is 24.3 Å². The van der Waals surface area contributed by atoms with Gasteiger partial charge in [-0.2, -0.15) is 4.79 Å². The van der Waals surface area contributed by atoms with Crippen molar-refractivity contribution < 1.29 is 34.1 Å². The van der Waals surface area contributed by atoms with E-state index < -0.39 is 22.9 Å². The van der Waals surface area contributed by atoms with Gasteiger partial charge in [0.15, 0.2) is 17.6 Å². The van der Waals surface area contributed by atoms with Gasteiger partial charge in [-0.05, 0) is 12.1 Å². The van der Waals surface area contributed by atoms with Gasteiger partial charge in [0.25, 0.3) is 0 Å². The number of benzene rings is 1. The number of aliphatic hydroxyl groups excluding tert-OH is 2. The van der Waals surface area contributed by atoms with E-state index in [1.165, 1.54) is 21.2 Å². The molecule has 0 aliphatic rings. The third kappa shape index (κ3) is 3.60. The summed E-state index contributed by atoms with van der Waals surface area (Å²) in [6.45, 7) is -0.253. The molecule has 1 aromatic rings. The highest BCUT2D eigenvalue weighted by Crippen LogP contribution is 2.26. The van der Waals surface area contributed by atoms with Crippen LogP contribution >= 0.6 is 0 Å². The van der Waals surface area contributed by atoms with E-state index in [0.717, 1.165) is 0 Å². The summed E-state index contributed by atoms with van der Waals surface area (Å²) in [5, 5.41) is 28.7. The highest BCUT2D eigenvalue weighted by Gasteiger charge is 2.40. The summed E-state index contributed by atoms with van der Waals surface area (Å²) >= 11 is 0. The summed E-state index contributed by atoms with van der Waals surface area (Å²) in [5.41, 5.74) is 0. The van der Waals surface area contributed by atoms with Gasteiger partial charge in [-0.1, -0.05) is 12.1 Å². The van der Waals surface area contributed by atoms with Crippen LogP contribution in [0.2, 0.25) is 0 Å². The van der Waals surface area contributed by atoms with Crippen LogP contribution in [0.4, 0.5) is 4.79 Å². The highest BCUT2D eigenvalue weighted by atomic mass is 16.5. The molecule has 0 aromatic heterocycles. The van der Waals surface area contributed by atoms with Gasteiger partial charge < -0.3 is 24.8 Å². The second kappa shape index (κ2) is 6.56. The third-order valence-corrected chi connectivity index (χ3v) is 2.98. The molecule has 20 heavy (non-hydrogen) atoms. The number of ether oxygens (including phenoxy) is 2. The van der Waals surface area contributed by atoms with Crippen LogP contribution in [0.5, 0.6) is 11.5 Å². The van der Waals surface area contributed by atoms with E-state index in [9.17, 15) is 15.0 Å². The number of amides is 1. The van der Waals surface area contributed by atoms with Crippen LogP contribution in [0.3, 0.4) is 0 Å². The summed E-state index contributed by atoms with van der Waals surface area (Å²) < 4.78 is 9.64. The first-order valence-electron chi connectivity index (χ1n) is 5.99. The van der Waals surface area contributed by atoms with Crippen molar-refractivity contribution in [3.63, 3.8) is 0 Å². The average Bonchev–Trinajstić information content (AvgIpc) is 2.43. The molecule has 0 bridgehead atoms. The molecular formula is C13H20NO6+. The zero-order chi connectivity index (χ0) is 15.3. The Labute approximate surface area is 117 Å². The quantitative estimate of drug-likeness (QED) is 0.521. The fraction of sp³-hybridized carbons (Fsp3) is 0.462. The normalized spacial score (nSPS) is 14.4. The number of nitrogens with zero attached hydrogens (tertiary/aromatic N) is 1. The molecule has 1 aromatic carbocycles. The van der Waals surface area contributed by atoms with Gasteiger partial charge in [0.05, 0.1) is 21.2 Å². The molecule has 0 saturated carbocycles. The Morgan fingerprint density at radius 3 is 2.30 bits per heavy atom. The van der Waals surface area contributed by atoms with Crippen LogP contribution in [0.15, 0.2) is 24.3 Å². The maximum absolute atomic E-state index is 11.0. The molecule has 0 fully saturated rings. The zero-order valence-electron chi connectivity index (χ0n) is 11.7. The highest BCUT2D eigenvalue weighted by molar-refractivity contribution is 5.56. The number of hydrogen-bond donors (Lipinski definition) is 3. The summed E-state index contributed by atoms with van der Waals surface area (Å²) in [4.78, 5) is 11.0. The van der Waals surface area contributed by atoms with Gasteiger partial charge in [0, 0.05) is 0 Å². The lowest BCUT2D eigenvalue weighted by Gasteiger charge is -2.31. The molecule has 7 heteroatoms. The first kappa shape index (κ1) is 16.2. The van der Waals surface area contributed by atoms with Crippen molar-refractivity contribution in [1.82, 2.24) is 0 Å². The molecule has 2 unspecified atom stereocenters. The van der Waals surface area contributed by atoms with E-state index in [0.29, 0.717) is 11.5 Å². The van der Waals surface area contributed by atoms with Gasteiger partial charge in [-0.3, -0.25) is 0 Å². The number of hydrogen-bond acceptors (Lipinski definition) is 5. The van der Waals surface area contributed by atoms with Crippen molar-refractivity contribution in [2.75, 3.05) is 27.8 Å². The van der Waals surface area contributed by atoms with Crippen LogP contribution < -0.4 is 9.47 Å². The Morgan fingerprint density at radius 1 is 1.25 bits per heavy atom. The van der Waals surface area contributed by atoms with Gasteiger partial charge >= 0.3 is 6.09 Å². The Morgan fingerprint density at radius 2 is 1.80 bits per heavy atom. The van der Waals surface area contributed by atoms with E-state index in [1.807, 2.05) is 0 Å². The monoisotopic (exact) mass is 286 g/mol. The summed E-state index contributed by atoms with van der Waals surface area (Å²) in [5.74, 6) is 0.892. The van der Waals surface area contributed by atoms with Gasteiger partial charge in [0.1, 0.15) is 6.61 Å². The predicted molar refractivity (Wildman–Crippen MR) is 70.6 cm³/mol. The van der Waals surface area contributed by atoms with E-state index in [2.05, 4.69) is 0 Å². The smallest absolute Gasteiger partial charge is 0.493 e. The molecule has 0 saturated heterocycles. The molecule has 0 aliphatic heterocycles. The van der Waals surface area contributed by atoms with Crippen molar-refractivity contribution in [3.8, 4) is 11.5 Å². The largest absolute Gasteiger partial charge is 0.515 e. The fourth-order valence-electron chi connectivity index (χ4n) is 1.54. The number of aliphatic hydroxyl groups is 2. The first-order chi connectivity index (χ1) is 9.30. The van der Waals surface area contributed by atoms with Crippen LogP contribution in [0.1, 0.15) is 0 Å². The van der Waals surface area contributed by atoms with E-state index in [1.54, 1.807) is 24.3 Å². The standard InChI is InChI=1S/C13H19NO6/c1-14(2,13(17)18)12(16)9(15)8-20-11-7-5-4-6-10(11)19-3/h4-7,9,12,15-16H,8H2,1-3H3/p+1. The van der Waals surface area contributed by atoms with Crippen LogP contribution in [0, 0.1) is 0 Å². The SMILES string of the molecule is COc1ccccc1OCC(O)C(O)[N+](C)(C)C(=O)O. The van der Waals surface area contributed by atoms with Gasteiger partial charge in [0.2, 0.25) is 6.23 Å². The molecule has 3 N–H and O–H groups in total. The number of rotatable bonds is 6. The van der Waals surface area contributed by atoms with Crippen LogP contribution in [0.25, 0.3) is 0 Å². The lowest BCUT2D eigenvalue weighted by molar-refractivity contribution is -0.873. The summed E-state index contributed by atoms with van der Waals surface area (Å²) in [6, 6.07) is 6.84. The molecule has 0 radical (unpaired) electrons. The molecule has 2 atom stereocenters. The molecule has 0 spiro atoms. The second-order valence-electron chi connectivity index (χ2n) is 4.77. The molecule has 0 heterocycles. The minimum absolute atomic E-state index is 0.253. The second-order valence-corrected chi connectivity index (χ2v) is 4.77. The topological polar surface area (TPSA) is 96.2 Å². The fourth-order valence-corrected chi connectivity index (χ4v) is 1.54. The number of carbonyl (C=O) groups is 1. The lowest BCUT2D eigenvalue weighted by atomic mass is 10.2. The minimum Gasteiger partial charge on any atom is -0.493 e. The van der Waals surface area contributed by atoms with Crippen molar-refractivity contribution >= 4 is 6.09 Å².